The zero-order valence-corrected chi connectivity index (χ0v) is 15.4. The molecule has 2 rings (SSSR count). The summed E-state index contributed by atoms with van der Waals surface area (Å²) in [5.74, 6) is -1.10. The van der Waals surface area contributed by atoms with E-state index in [1.807, 2.05) is 43.3 Å². The van der Waals surface area contributed by atoms with Crippen LogP contribution in [-0.2, 0) is 9.53 Å². The highest BCUT2D eigenvalue weighted by molar-refractivity contribution is 5.84. The third kappa shape index (κ3) is 4.53. The summed E-state index contributed by atoms with van der Waals surface area (Å²) in [6.07, 6.45) is 3.86. The van der Waals surface area contributed by atoms with Gasteiger partial charge in [0.15, 0.2) is 0 Å². The Bertz CT molecular complexity index is 793. The molecule has 7 heteroatoms. The standard InChI is InChI=1S/C20H22N4O3/c1-23(2)17-8-6-16(7-9-17)18(4-3-5-19(25)26)20(14-21,15-22)24-10-12-27-13-11-24/h3-9H,10-13H2,1-2H3,(H,25,26)/b5-3+,18-4?. The van der Waals surface area contributed by atoms with Gasteiger partial charge in [-0.05, 0) is 17.7 Å². The van der Waals surface area contributed by atoms with Crippen LogP contribution in [0.3, 0.4) is 0 Å². The summed E-state index contributed by atoms with van der Waals surface area (Å²) in [4.78, 5) is 14.6. The van der Waals surface area contributed by atoms with E-state index in [-0.39, 0.29) is 0 Å². The number of nitrogens with zero attached hydrogens (tertiary/aromatic N) is 4. The monoisotopic (exact) mass is 366 g/mol. The van der Waals surface area contributed by atoms with Crippen molar-refractivity contribution < 1.29 is 14.6 Å². The molecule has 0 radical (unpaired) electrons. The van der Waals surface area contributed by atoms with Crippen LogP contribution < -0.4 is 4.90 Å². The van der Waals surface area contributed by atoms with E-state index in [1.165, 1.54) is 12.2 Å². The number of hydrogen-bond donors (Lipinski definition) is 1. The Balaban J connectivity index is 2.57. The van der Waals surface area contributed by atoms with Crippen LogP contribution >= 0.6 is 0 Å². The Kier molecular flexibility index (Phi) is 6.73. The van der Waals surface area contributed by atoms with E-state index in [1.54, 1.807) is 4.90 Å². The maximum Gasteiger partial charge on any atom is 0.328 e. The van der Waals surface area contributed by atoms with Crippen molar-refractivity contribution in [3.8, 4) is 12.1 Å². The first-order valence-electron chi connectivity index (χ1n) is 8.49. The molecule has 1 N–H and O–H groups in total. The number of rotatable bonds is 6. The maximum absolute atomic E-state index is 10.8. The number of nitriles is 2. The molecule has 1 fully saturated rings. The van der Waals surface area contributed by atoms with Gasteiger partial charge in [0.05, 0.1) is 13.2 Å². The SMILES string of the molecule is CN(C)c1ccc(C(=C/C=C/C(=O)O)C(C#N)(C#N)N2CCOCC2)cc1. The molecular formula is C20H22N4O3. The molecule has 1 aromatic rings. The summed E-state index contributed by atoms with van der Waals surface area (Å²) in [5, 5.41) is 28.8. The van der Waals surface area contributed by atoms with Crippen molar-refractivity contribution in [1.29, 1.82) is 10.5 Å². The zero-order valence-electron chi connectivity index (χ0n) is 15.4. The molecule has 1 heterocycles. The van der Waals surface area contributed by atoms with E-state index in [9.17, 15) is 15.3 Å². The fourth-order valence-corrected chi connectivity index (χ4v) is 2.95. The summed E-state index contributed by atoms with van der Waals surface area (Å²) in [5.41, 5.74) is 0.569. The zero-order chi connectivity index (χ0) is 19.9. The quantitative estimate of drug-likeness (QED) is 0.606. The minimum atomic E-state index is -1.54. The molecular weight excluding hydrogens is 344 g/mol. The first kappa shape index (κ1) is 20.2. The van der Waals surface area contributed by atoms with E-state index >= 15 is 0 Å². The van der Waals surface area contributed by atoms with Crippen molar-refractivity contribution in [2.75, 3.05) is 45.3 Å². The average molecular weight is 366 g/mol. The molecule has 0 saturated carbocycles. The lowest BCUT2D eigenvalue weighted by molar-refractivity contribution is -0.131. The highest BCUT2D eigenvalue weighted by atomic mass is 16.5. The number of carboxylic acid groups (broad SMARTS) is 1. The summed E-state index contributed by atoms with van der Waals surface area (Å²) < 4.78 is 5.35. The van der Waals surface area contributed by atoms with Gasteiger partial charge in [-0.15, -0.1) is 0 Å². The predicted molar refractivity (Wildman–Crippen MR) is 102 cm³/mol. The lowest BCUT2D eigenvalue weighted by atomic mass is 9.84. The number of morpholine rings is 1. The lowest BCUT2D eigenvalue weighted by Gasteiger charge is -2.37. The topological polar surface area (TPSA) is 101 Å². The molecule has 0 atom stereocenters. The Morgan fingerprint density at radius 3 is 2.30 bits per heavy atom. The third-order valence-corrected chi connectivity index (χ3v) is 4.40. The molecule has 7 nitrogen and oxygen atoms in total. The van der Waals surface area contributed by atoms with Crippen LogP contribution in [0.15, 0.2) is 42.5 Å². The van der Waals surface area contributed by atoms with E-state index in [4.69, 9.17) is 9.84 Å². The van der Waals surface area contributed by atoms with Crippen LogP contribution in [-0.4, -0.2) is 61.9 Å². The van der Waals surface area contributed by atoms with Gasteiger partial charge in [0.1, 0.15) is 12.1 Å². The number of carbonyl (C=O) groups is 1. The van der Waals surface area contributed by atoms with Crippen molar-refractivity contribution in [3.05, 3.63) is 48.1 Å². The van der Waals surface area contributed by atoms with E-state index in [2.05, 4.69) is 12.1 Å². The highest BCUT2D eigenvalue weighted by Crippen LogP contribution is 2.34. The number of ether oxygens (including phenoxy) is 1. The maximum atomic E-state index is 10.8. The summed E-state index contributed by atoms with van der Waals surface area (Å²) >= 11 is 0. The minimum absolute atomic E-state index is 0.433. The highest BCUT2D eigenvalue weighted by Gasteiger charge is 2.42. The van der Waals surface area contributed by atoms with Crippen molar-refractivity contribution in [2.45, 2.75) is 5.54 Å². The van der Waals surface area contributed by atoms with E-state index < -0.39 is 11.5 Å². The molecule has 0 aliphatic carbocycles. The van der Waals surface area contributed by atoms with Crippen molar-refractivity contribution >= 4 is 17.2 Å². The normalized spacial score (nSPS) is 15.9. The van der Waals surface area contributed by atoms with Crippen LogP contribution in [0.1, 0.15) is 5.56 Å². The van der Waals surface area contributed by atoms with E-state index in [0.29, 0.717) is 37.4 Å². The fraction of sp³-hybridized carbons (Fsp3) is 0.350. The lowest BCUT2D eigenvalue weighted by Crippen LogP contribution is -2.52. The van der Waals surface area contributed by atoms with Crippen LogP contribution in [0.2, 0.25) is 0 Å². The van der Waals surface area contributed by atoms with E-state index in [0.717, 1.165) is 11.8 Å². The van der Waals surface area contributed by atoms with Crippen molar-refractivity contribution in [2.24, 2.45) is 0 Å². The molecule has 140 valence electrons. The molecule has 1 aliphatic heterocycles. The number of hydrogen-bond acceptors (Lipinski definition) is 6. The van der Waals surface area contributed by atoms with Gasteiger partial charge < -0.3 is 14.7 Å². The van der Waals surface area contributed by atoms with Gasteiger partial charge in [-0.3, -0.25) is 4.90 Å². The molecule has 0 aromatic heterocycles. The molecule has 0 amide bonds. The first-order valence-corrected chi connectivity index (χ1v) is 8.49. The van der Waals surface area contributed by atoms with Gasteiger partial charge >= 0.3 is 5.97 Å². The molecule has 1 aliphatic rings. The Morgan fingerprint density at radius 2 is 1.81 bits per heavy atom. The van der Waals surface area contributed by atoms with Gasteiger partial charge in [0.25, 0.3) is 0 Å². The second-order valence-electron chi connectivity index (χ2n) is 6.25. The van der Waals surface area contributed by atoms with Gasteiger partial charge in [-0.25, -0.2) is 4.79 Å². The Hall–Kier alpha value is -3.13. The van der Waals surface area contributed by atoms with Crippen molar-refractivity contribution in [3.63, 3.8) is 0 Å². The summed E-state index contributed by atoms with van der Waals surface area (Å²) in [7, 11) is 3.84. The number of carboxylic acids is 1. The summed E-state index contributed by atoms with van der Waals surface area (Å²) in [6.45, 7) is 1.75. The third-order valence-electron chi connectivity index (χ3n) is 4.40. The Labute approximate surface area is 159 Å². The second kappa shape index (κ2) is 9.00. The average Bonchev–Trinajstić information content (AvgIpc) is 2.68. The van der Waals surface area contributed by atoms with Gasteiger partial charge in [0.2, 0.25) is 5.54 Å². The molecule has 1 saturated heterocycles. The molecule has 1 aromatic carbocycles. The summed E-state index contributed by atoms with van der Waals surface area (Å²) in [6, 6.07) is 11.8. The number of allylic oxidation sites excluding steroid dienone is 2. The van der Waals surface area contributed by atoms with Crippen LogP contribution in [0.25, 0.3) is 5.57 Å². The smallest absolute Gasteiger partial charge is 0.328 e. The molecule has 0 bridgehead atoms. The minimum Gasteiger partial charge on any atom is -0.478 e. The van der Waals surface area contributed by atoms with Crippen LogP contribution in [0, 0.1) is 22.7 Å². The largest absolute Gasteiger partial charge is 0.478 e. The van der Waals surface area contributed by atoms with Crippen molar-refractivity contribution in [1.82, 2.24) is 4.90 Å². The first-order chi connectivity index (χ1) is 12.9. The molecule has 27 heavy (non-hydrogen) atoms. The number of aliphatic carboxylic acids is 1. The fourth-order valence-electron chi connectivity index (χ4n) is 2.95. The van der Waals surface area contributed by atoms with Gasteiger partial charge in [-0.1, -0.05) is 24.3 Å². The molecule has 0 unspecified atom stereocenters. The second-order valence-corrected chi connectivity index (χ2v) is 6.25. The van der Waals surface area contributed by atoms with Crippen LogP contribution in [0.5, 0.6) is 0 Å². The Morgan fingerprint density at radius 1 is 1.22 bits per heavy atom. The number of anilines is 1. The van der Waals surface area contributed by atoms with Gasteiger partial charge in [0, 0.05) is 44.5 Å². The van der Waals surface area contributed by atoms with Crippen LogP contribution in [0.4, 0.5) is 5.69 Å². The number of benzene rings is 1. The van der Waals surface area contributed by atoms with Gasteiger partial charge in [-0.2, -0.15) is 10.5 Å². The molecule has 0 spiro atoms. The predicted octanol–water partition coefficient (Wildman–Crippen LogP) is 1.89.